The van der Waals surface area contributed by atoms with Gasteiger partial charge in [-0.1, -0.05) is 31.2 Å². The molecular formula is C23H23N7O3S2. The first-order chi connectivity index (χ1) is 16.9. The fraction of sp³-hybridized carbons (Fsp3) is 0.304. The van der Waals surface area contributed by atoms with Crippen molar-refractivity contribution in [1.29, 1.82) is 0 Å². The van der Waals surface area contributed by atoms with Crippen molar-refractivity contribution in [2.75, 3.05) is 11.1 Å². The van der Waals surface area contributed by atoms with E-state index in [4.69, 9.17) is 0 Å². The lowest BCUT2D eigenvalue weighted by Gasteiger charge is -2.14. The number of nitrogens with one attached hydrogen (secondary N) is 2. The van der Waals surface area contributed by atoms with E-state index in [1.807, 2.05) is 24.4 Å². The molecule has 4 aromatic heterocycles. The Kier molecular flexibility index (Phi) is 6.39. The summed E-state index contributed by atoms with van der Waals surface area (Å²) in [4.78, 5) is 50.5. The summed E-state index contributed by atoms with van der Waals surface area (Å²) in [5, 5.41) is 10.1. The fourth-order valence-corrected chi connectivity index (χ4v) is 5.85. The van der Waals surface area contributed by atoms with Crippen molar-refractivity contribution in [1.82, 2.24) is 29.3 Å². The highest BCUT2D eigenvalue weighted by Gasteiger charge is 2.28. The maximum Gasteiger partial charge on any atom is 0.254 e. The summed E-state index contributed by atoms with van der Waals surface area (Å²) < 4.78 is 3.03. The van der Waals surface area contributed by atoms with Gasteiger partial charge < -0.3 is 5.32 Å². The van der Waals surface area contributed by atoms with E-state index in [1.165, 1.54) is 39.9 Å². The van der Waals surface area contributed by atoms with Gasteiger partial charge in [0.25, 0.3) is 11.1 Å². The molecule has 2 N–H and O–H groups in total. The zero-order valence-corrected chi connectivity index (χ0v) is 20.8. The van der Waals surface area contributed by atoms with E-state index < -0.39 is 0 Å². The maximum atomic E-state index is 13.1. The average molecular weight is 510 g/mol. The number of anilines is 1. The lowest BCUT2D eigenvalue weighted by molar-refractivity contribution is -0.116. The van der Waals surface area contributed by atoms with Crippen molar-refractivity contribution in [3.63, 3.8) is 0 Å². The van der Waals surface area contributed by atoms with E-state index >= 15 is 0 Å². The molecule has 5 heterocycles. The molecule has 0 aliphatic carbocycles. The van der Waals surface area contributed by atoms with Crippen molar-refractivity contribution in [3.05, 3.63) is 67.8 Å². The lowest BCUT2D eigenvalue weighted by atomic mass is 10.2. The third kappa shape index (κ3) is 4.84. The number of carbonyl (C=O) groups excluding carboxylic acids is 1. The first-order valence-electron chi connectivity index (χ1n) is 11.2. The van der Waals surface area contributed by atoms with Crippen LogP contribution in [0.15, 0.2) is 50.5 Å². The number of thiophene rings is 1. The van der Waals surface area contributed by atoms with Crippen LogP contribution in [0.5, 0.6) is 0 Å². The second-order valence-electron chi connectivity index (χ2n) is 8.22. The van der Waals surface area contributed by atoms with E-state index in [-0.39, 0.29) is 35.4 Å². The van der Waals surface area contributed by atoms with Gasteiger partial charge in [-0.2, -0.15) is 9.78 Å². The zero-order chi connectivity index (χ0) is 24.5. The van der Waals surface area contributed by atoms with Gasteiger partial charge in [0.2, 0.25) is 11.9 Å². The highest BCUT2D eigenvalue weighted by Crippen LogP contribution is 2.33. The van der Waals surface area contributed by atoms with Gasteiger partial charge in [-0.15, -0.1) is 11.3 Å². The van der Waals surface area contributed by atoms with Gasteiger partial charge in [0.1, 0.15) is 11.5 Å². The summed E-state index contributed by atoms with van der Waals surface area (Å²) in [7, 11) is 0. The largest absolute Gasteiger partial charge is 0.310 e. The first kappa shape index (κ1) is 23.2. The molecule has 0 saturated heterocycles. The number of thioether (sulfide) groups is 1. The molecule has 5 rings (SSSR count). The summed E-state index contributed by atoms with van der Waals surface area (Å²) in [5.74, 6) is 0.932. The number of rotatable bonds is 7. The minimum Gasteiger partial charge on any atom is -0.310 e. The van der Waals surface area contributed by atoms with Crippen LogP contribution in [-0.4, -0.2) is 41.0 Å². The maximum absolute atomic E-state index is 13.1. The van der Waals surface area contributed by atoms with Crippen LogP contribution in [0.25, 0.3) is 16.5 Å². The van der Waals surface area contributed by atoms with Crippen LogP contribution in [-0.2, 0) is 11.2 Å². The van der Waals surface area contributed by atoms with E-state index in [0.717, 1.165) is 11.3 Å². The van der Waals surface area contributed by atoms with Crippen LogP contribution in [0.2, 0.25) is 0 Å². The van der Waals surface area contributed by atoms with Crippen LogP contribution < -0.4 is 16.4 Å². The summed E-state index contributed by atoms with van der Waals surface area (Å²) in [5.41, 5.74) is 1.52. The highest BCUT2D eigenvalue weighted by atomic mass is 32.2. The third-order valence-electron chi connectivity index (χ3n) is 5.48. The number of H-pyrrole nitrogens is 1. The molecule has 1 aliphatic rings. The fourth-order valence-electron chi connectivity index (χ4n) is 3.98. The van der Waals surface area contributed by atoms with Crippen molar-refractivity contribution in [3.8, 4) is 16.5 Å². The van der Waals surface area contributed by atoms with Gasteiger partial charge in [0, 0.05) is 41.8 Å². The molecule has 1 amide bonds. The normalized spacial score (nSPS) is 14.7. The number of carbonyl (C=O) groups is 1. The Morgan fingerprint density at radius 3 is 2.89 bits per heavy atom. The van der Waals surface area contributed by atoms with E-state index in [0.29, 0.717) is 40.2 Å². The van der Waals surface area contributed by atoms with Crippen LogP contribution in [0.4, 0.5) is 5.82 Å². The Bertz CT molecular complexity index is 1500. The Labute approximate surface area is 208 Å². The number of amides is 1. The molecule has 0 spiro atoms. The topological polar surface area (TPSA) is 128 Å². The molecule has 0 fully saturated rings. The number of hydrogen-bond donors (Lipinski definition) is 2. The minimum atomic E-state index is -0.297. The number of aromatic nitrogens is 6. The van der Waals surface area contributed by atoms with Crippen LogP contribution >= 0.6 is 23.1 Å². The van der Waals surface area contributed by atoms with Crippen LogP contribution in [0, 0.1) is 6.92 Å². The molecule has 1 aliphatic heterocycles. The summed E-state index contributed by atoms with van der Waals surface area (Å²) in [6.07, 6.45) is 1.59. The molecule has 12 heteroatoms. The molecular weight excluding hydrogens is 486 g/mol. The highest BCUT2D eigenvalue weighted by molar-refractivity contribution is 7.99. The predicted molar refractivity (Wildman–Crippen MR) is 136 cm³/mol. The zero-order valence-electron chi connectivity index (χ0n) is 19.1. The van der Waals surface area contributed by atoms with Gasteiger partial charge in [0.15, 0.2) is 5.16 Å². The summed E-state index contributed by atoms with van der Waals surface area (Å²) in [6.45, 7) is 3.79. The third-order valence-corrected chi connectivity index (χ3v) is 7.47. The molecule has 1 unspecified atom stereocenters. The van der Waals surface area contributed by atoms with E-state index in [2.05, 4.69) is 25.4 Å². The number of aryl methyl sites for hydroxylation is 2. The molecule has 0 aromatic carbocycles. The van der Waals surface area contributed by atoms with E-state index in [1.54, 1.807) is 17.6 Å². The molecule has 0 bridgehead atoms. The molecule has 0 radical (unpaired) electrons. The summed E-state index contributed by atoms with van der Waals surface area (Å²) >= 11 is 2.99. The molecule has 1 atom stereocenters. The monoisotopic (exact) mass is 509 g/mol. The van der Waals surface area contributed by atoms with Crippen molar-refractivity contribution in [2.45, 2.75) is 44.3 Å². The predicted octanol–water partition coefficient (Wildman–Crippen LogP) is 3.18. The van der Waals surface area contributed by atoms with Gasteiger partial charge >= 0.3 is 0 Å². The van der Waals surface area contributed by atoms with Gasteiger partial charge in [-0.3, -0.25) is 23.9 Å². The van der Waals surface area contributed by atoms with Crippen molar-refractivity contribution < 1.29 is 4.79 Å². The van der Waals surface area contributed by atoms with E-state index in [9.17, 15) is 14.4 Å². The molecule has 4 aromatic rings. The lowest BCUT2D eigenvalue weighted by Crippen LogP contribution is -2.28. The number of fused-ring (bicyclic) bond motifs is 1. The van der Waals surface area contributed by atoms with Gasteiger partial charge in [-0.05, 0) is 24.8 Å². The summed E-state index contributed by atoms with van der Waals surface area (Å²) in [6, 6.07) is 8.26. The quantitative estimate of drug-likeness (QED) is 0.366. The Morgan fingerprint density at radius 2 is 2.11 bits per heavy atom. The molecule has 35 heavy (non-hydrogen) atoms. The van der Waals surface area contributed by atoms with Crippen LogP contribution in [0.3, 0.4) is 0 Å². The van der Waals surface area contributed by atoms with Crippen LogP contribution in [0.1, 0.15) is 37.2 Å². The first-order valence-corrected chi connectivity index (χ1v) is 13.0. The number of hydrogen-bond acceptors (Lipinski definition) is 8. The number of nitrogens with zero attached hydrogens (tertiary/aromatic N) is 5. The molecule has 0 saturated carbocycles. The Hall–Kier alpha value is -3.51. The van der Waals surface area contributed by atoms with Gasteiger partial charge in [0.05, 0.1) is 10.9 Å². The second kappa shape index (κ2) is 9.62. The van der Waals surface area contributed by atoms with Crippen molar-refractivity contribution >= 4 is 34.8 Å². The standard InChI is InChI=1S/C23H23N7O3S2/c1-3-5-14-9-19(31)27-22(25-14)30-18(11-16(28-30)17-6-4-7-34-17)26-20(32)10-15-12-35-23-24-13(2)8-21(33)29(15)23/h4,6-9,11,15H,3,5,10,12H2,1-2H3,(H,26,32)(H,25,27,31). The molecule has 10 nitrogen and oxygen atoms in total. The SMILES string of the molecule is CCCc1cc(=O)[nH]c(-n2nc(-c3cccs3)cc2NC(=O)CC2CSc3nc(C)cc(=O)n32)n1. The van der Waals surface area contributed by atoms with Crippen molar-refractivity contribution in [2.24, 2.45) is 0 Å². The minimum absolute atomic E-state index is 0.101. The smallest absolute Gasteiger partial charge is 0.254 e. The average Bonchev–Trinajstić information content (AvgIpc) is 3.54. The molecule has 180 valence electrons. The second-order valence-corrected chi connectivity index (χ2v) is 10.2. The van der Waals surface area contributed by atoms with Gasteiger partial charge in [-0.25, -0.2) is 9.97 Å². The Morgan fingerprint density at radius 1 is 1.26 bits per heavy atom. The number of aromatic amines is 1. The Balaban J connectivity index is 1.46.